The number of hydrogen-bond donors (Lipinski definition) is 4. The maximum absolute atomic E-state index is 13.0. The number of esters is 3. The van der Waals surface area contributed by atoms with Crippen molar-refractivity contribution in [2.45, 2.75) is 373 Å². The van der Waals surface area contributed by atoms with Crippen LogP contribution in [0.4, 0.5) is 0 Å². The molecule has 105 heavy (non-hydrogen) atoms. The molecule has 0 spiro atoms. The molecule has 16 nitrogen and oxygen atoms in total. The third-order valence-electron chi connectivity index (χ3n) is 17.7. The first-order chi connectivity index (χ1) is 51.2. The van der Waals surface area contributed by atoms with E-state index in [9.17, 15) is 43.5 Å². The van der Waals surface area contributed by atoms with E-state index in [0.29, 0.717) is 19.3 Å². The highest BCUT2D eigenvalue weighted by Crippen LogP contribution is 2.45. The van der Waals surface area contributed by atoms with Gasteiger partial charge in [0.05, 0.1) is 26.4 Å². The van der Waals surface area contributed by atoms with Gasteiger partial charge >= 0.3 is 33.6 Å². The van der Waals surface area contributed by atoms with Crippen LogP contribution >= 0.6 is 15.6 Å². The molecule has 0 radical (unpaired) electrons. The van der Waals surface area contributed by atoms with Crippen LogP contribution in [0, 0.1) is 0 Å². The highest BCUT2D eigenvalue weighted by molar-refractivity contribution is 7.47. The first kappa shape index (κ1) is 101. The molecule has 0 bridgehead atoms. The number of phosphoric acid groups is 2. The van der Waals surface area contributed by atoms with Gasteiger partial charge in [-0.05, 0) is 128 Å². The van der Waals surface area contributed by atoms with Gasteiger partial charge in [0.25, 0.3) is 0 Å². The summed E-state index contributed by atoms with van der Waals surface area (Å²) in [6.45, 7) is 2.44. The van der Waals surface area contributed by atoms with Crippen molar-refractivity contribution in [3.63, 3.8) is 0 Å². The maximum Gasteiger partial charge on any atom is 0.472 e. The molecule has 606 valence electrons. The van der Waals surface area contributed by atoms with E-state index in [1.54, 1.807) is 0 Å². The van der Waals surface area contributed by atoms with E-state index in [2.05, 4.69) is 142 Å². The third kappa shape index (κ3) is 80.8. The van der Waals surface area contributed by atoms with Crippen molar-refractivity contribution in [2.75, 3.05) is 39.6 Å². The summed E-state index contributed by atoms with van der Waals surface area (Å²) in [7, 11) is -9.79. The molecule has 5 atom stereocenters. The molecule has 0 saturated carbocycles. The lowest BCUT2D eigenvalue weighted by Gasteiger charge is -2.21. The number of ether oxygens (including phenoxy) is 3. The zero-order valence-corrected chi connectivity index (χ0v) is 68.2. The van der Waals surface area contributed by atoms with Crippen LogP contribution in [0.5, 0.6) is 0 Å². The molecular formula is C87H152O16P2. The van der Waals surface area contributed by atoms with Crippen molar-refractivity contribution in [3.8, 4) is 0 Å². The quantitative estimate of drug-likeness (QED) is 0.0146. The Morgan fingerprint density at radius 2 is 0.505 bits per heavy atom. The second-order valence-corrected chi connectivity index (χ2v) is 30.8. The Morgan fingerprint density at radius 3 is 0.800 bits per heavy atom. The molecule has 0 aromatic heterocycles. The van der Waals surface area contributed by atoms with Crippen molar-refractivity contribution in [2.24, 2.45) is 0 Å². The second kappa shape index (κ2) is 79.5. The minimum absolute atomic E-state index is 0.0898. The van der Waals surface area contributed by atoms with Gasteiger partial charge < -0.3 is 34.2 Å². The Hall–Kier alpha value is -4.05. The summed E-state index contributed by atoms with van der Waals surface area (Å²) in [6, 6.07) is 0. The fourth-order valence-corrected chi connectivity index (χ4v) is 12.9. The van der Waals surface area contributed by atoms with Gasteiger partial charge in [0, 0.05) is 19.3 Å². The Bertz CT molecular complexity index is 2390. The summed E-state index contributed by atoms with van der Waals surface area (Å²) in [5.74, 6) is -1.59. The summed E-state index contributed by atoms with van der Waals surface area (Å²) < 4.78 is 61.2. The van der Waals surface area contributed by atoms with E-state index >= 15 is 0 Å². The van der Waals surface area contributed by atoms with Gasteiger partial charge in [0.1, 0.15) is 25.4 Å². The van der Waals surface area contributed by atoms with Crippen molar-refractivity contribution in [1.82, 2.24) is 0 Å². The van der Waals surface area contributed by atoms with E-state index in [-0.39, 0.29) is 19.3 Å². The van der Waals surface area contributed by atoms with Crippen LogP contribution in [0.15, 0.2) is 122 Å². The van der Waals surface area contributed by atoms with E-state index in [0.717, 1.165) is 167 Å². The van der Waals surface area contributed by atoms with Gasteiger partial charge in [-0.25, -0.2) is 9.13 Å². The molecule has 0 rings (SSSR count). The molecule has 0 amide bonds. The number of unbranched alkanes of at least 4 members (excludes halogenated alkanes) is 36. The number of aliphatic hydroxyl groups is 2. The predicted molar refractivity (Wildman–Crippen MR) is 436 cm³/mol. The number of carbonyl (C=O) groups is 3. The van der Waals surface area contributed by atoms with Gasteiger partial charge in [-0.3, -0.25) is 32.5 Å². The average Bonchev–Trinajstić information content (AvgIpc) is 0.929. The van der Waals surface area contributed by atoms with E-state index in [1.165, 1.54) is 128 Å². The van der Waals surface area contributed by atoms with Crippen LogP contribution < -0.4 is 0 Å². The summed E-state index contributed by atoms with van der Waals surface area (Å²) in [6.07, 6.45) is 95.5. The lowest BCUT2D eigenvalue weighted by atomic mass is 10.0. The van der Waals surface area contributed by atoms with Gasteiger partial charge in [-0.2, -0.15) is 0 Å². The number of allylic oxidation sites excluding steroid dienone is 20. The Labute approximate surface area is 640 Å². The van der Waals surface area contributed by atoms with Crippen molar-refractivity contribution < 1.29 is 75.8 Å². The zero-order chi connectivity index (χ0) is 76.6. The lowest BCUT2D eigenvalue weighted by molar-refractivity contribution is -0.161. The highest BCUT2D eigenvalue weighted by atomic mass is 31.2. The minimum Gasteiger partial charge on any atom is -0.463 e. The largest absolute Gasteiger partial charge is 0.472 e. The molecule has 4 N–H and O–H groups in total. The molecule has 0 fully saturated rings. The van der Waals surface area contributed by atoms with Crippen LogP contribution in [0.3, 0.4) is 0 Å². The number of rotatable bonds is 79. The Balaban J connectivity index is 4.40. The summed E-state index contributed by atoms with van der Waals surface area (Å²) in [4.78, 5) is 58.7. The number of aliphatic hydroxyl groups excluding tert-OH is 2. The second-order valence-electron chi connectivity index (χ2n) is 27.9. The summed E-state index contributed by atoms with van der Waals surface area (Å²) in [5.41, 5.74) is 0. The van der Waals surface area contributed by atoms with Crippen molar-refractivity contribution in [1.29, 1.82) is 0 Å². The minimum atomic E-state index is -4.94. The van der Waals surface area contributed by atoms with Crippen LogP contribution in [-0.2, 0) is 55.8 Å². The molecule has 0 aliphatic heterocycles. The molecule has 5 unspecified atom stereocenters. The van der Waals surface area contributed by atoms with E-state index < -0.39 is 91.5 Å². The average molecular weight is 1520 g/mol. The SMILES string of the molecule is CC/C=C\C/C=C\C/C=C\CCCCCCCCCC(=O)OCC(COP(=O)(O)OCC(O)COP(=O)(O)OCC(O)COC(=O)CCCCCCCCCCCCCCCCCCCCC/C=C\C/C=C\C/C=C\C/C=C\CCCCC)OC(=O)CCCCCCCCC/C=C\C/C=C\C/C=C\CC. The van der Waals surface area contributed by atoms with Gasteiger partial charge in [-0.1, -0.05) is 328 Å². The molecule has 0 aromatic rings. The van der Waals surface area contributed by atoms with Crippen LogP contribution in [0.2, 0.25) is 0 Å². The van der Waals surface area contributed by atoms with E-state index in [4.69, 9.17) is 32.3 Å². The maximum atomic E-state index is 13.0. The molecule has 0 heterocycles. The van der Waals surface area contributed by atoms with Gasteiger partial charge in [0.15, 0.2) is 6.10 Å². The fourth-order valence-electron chi connectivity index (χ4n) is 11.4. The molecule has 0 aliphatic rings. The predicted octanol–water partition coefficient (Wildman–Crippen LogP) is 24.9. The molecule has 18 heteroatoms. The number of carbonyl (C=O) groups excluding carboxylic acids is 3. The Morgan fingerprint density at radius 1 is 0.276 bits per heavy atom. The van der Waals surface area contributed by atoms with Crippen molar-refractivity contribution in [3.05, 3.63) is 122 Å². The number of phosphoric ester groups is 2. The lowest BCUT2D eigenvalue weighted by Crippen LogP contribution is -2.30. The standard InChI is InChI=1S/C87H152O16P2/c1-4-7-10-13-16-19-22-25-28-31-32-33-34-35-36-37-38-39-40-41-42-43-44-45-46-47-48-51-53-55-58-61-64-67-70-73-85(90)97-76-82(88)77-99-104(93,94)100-78-83(89)79-101-105(95,96)102-81-84(103-87(92)75-72-69-66-63-60-57-54-50-30-27-24-21-18-15-12-9-6-3)80-98-86(91)74-71-68-65-62-59-56-52-49-29-26-23-20-17-14-11-8-5-2/h8-9,11-12,16-21,25-30,32-33,35-36,82-84,88-89H,4-7,10,13-15,22-24,31,34,37-81H2,1-3H3,(H,93,94)(H,95,96)/b11-8-,12-9-,19-16-,20-17-,21-18-,28-25-,29-26-,30-27-,33-32-,36-35-. The monoisotopic (exact) mass is 1520 g/mol. The molecular weight excluding hydrogens is 1360 g/mol. The molecule has 0 saturated heterocycles. The Kier molecular flexibility index (Phi) is 76.4. The third-order valence-corrected chi connectivity index (χ3v) is 19.6. The van der Waals surface area contributed by atoms with Crippen molar-refractivity contribution >= 4 is 33.6 Å². The van der Waals surface area contributed by atoms with Gasteiger partial charge in [0.2, 0.25) is 0 Å². The smallest absolute Gasteiger partial charge is 0.463 e. The summed E-state index contributed by atoms with van der Waals surface area (Å²) in [5, 5.41) is 20.7. The topological polar surface area (TPSA) is 231 Å². The zero-order valence-electron chi connectivity index (χ0n) is 66.4. The molecule has 0 aromatic carbocycles. The highest BCUT2D eigenvalue weighted by Gasteiger charge is 2.29. The number of hydrogen-bond acceptors (Lipinski definition) is 14. The van der Waals surface area contributed by atoms with Crippen LogP contribution in [-0.4, -0.2) is 95.9 Å². The first-order valence-electron chi connectivity index (χ1n) is 41.8. The van der Waals surface area contributed by atoms with Gasteiger partial charge in [-0.15, -0.1) is 0 Å². The first-order valence-corrected chi connectivity index (χ1v) is 44.8. The van der Waals surface area contributed by atoms with E-state index in [1.807, 2.05) is 0 Å². The normalized spacial score (nSPS) is 14.5. The fraction of sp³-hybridized carbons (Fsp3) is 0.736. The van der Waals surface area contributed by atoms with Crippen LogP contribution in [0.25, 0.3) is 0 Å². The van der Waals surface area contributed by atoms with Crippen LogP contribution in [0.1, 0.15) is 355 Å². The molecule has 0 aliphatic carbocycles. The summed E-state index contributed by atoms with van der Waals surface area (Å²) >= 11 is 0.